The van der Waals surface area contributed by atoms with E-state index in [9.17, 15) is 4.79 Å². The summed E-state index contributed by atoms with van der Waals surface area (Å²) in [6.45, 7) is 0.847. The first-order chi connectivity index (χ1) is 7.88. The summed E-state index contributed by atoms with van der Waals surface area (Å²) in [6, 6.07) is 10.3. The largest absolute Gasteiger partial charge is 0.541 e. The summed E-state index contributed by atoms with van der Waals surface area (Å²) in [5, 5.41) is 0. The highest BCUT2D eigenvalue weighted by atomic mass is 16.1. The molecule has 0 fully saturated rings. The predicted octanol–water partition coefficient (Wildman–Crippen LogP) is 2.79. The summed E-state index contributed by atoms with van der Waals surface area (Å²) in [5.41, 5.74) is 2.38. The second-order valence-corrected chi connectivity index (χ2v) is 3.86. The Morgan fingerprint density at radius 2 is 2.06 bits per heavy atom. The highest BCUT2D eigenvalue weighted by Gasteiger charge is 2.02. The molecular formula is C14H14NO-. The third kappa shape index (κ3) is 2.83. The molecule has 0 saturated carbocycles. The van der Waals surface area contributed by atoms with E-state index in [4.69, 9.17) is 0 Å². The van der Waals surface area contributed by atoms with Crippen LogP contribution in [0.3, 0.4) is 0 Å². The van der Waals surface area contributed by atoms with Gasteiger partial charge in [0, 0.05) is 18.9 Å². The lowest BCUT2D eigenvalue weighted by Gasteiger charge is -2.22. The minimum atomic E-state index is 0.412. The molecule has 0 aliphatic carbocycles. The van der Waals surface area contributed by atoms with Gasteiger partial charge in [0.1, 0.15) is 0 Å². The molecule has 16 heavy (non-hydrogen) atoms. The van der Waals surface area contributed by atoms with E-state index in [1.54, 1.807) is 0 Å². The van der Waals surface area contributed by atoms with Gasteiger partial charge in [0.15, 0.2) is 0 Å². The van der Waals surface area contributed by atoms with E-state index in [1.807, 2.05) is 30.7 Å². The molecule has 0 atom stereocenters. The van der Waals surface area contributed by atoms with Crippen LogP contribution in [0.4, 0.5) is 0 Å². The van der Waals surface area contributed by atoms with Crippen LogP contribution in [-0.4, -0.2) is 11.2 Å². The van der Waals surface area contributed by atoms with Gasteiger partial charge in [0.2, 0.25) is 0 Å². The number of allylic oxidation sites excluding steroid dienone is 2. The third-order valence-electron chi connectivity index (χ3n) is 2.53. The maximum Gasteiger partial charge on any atom is 0.0470 e. The number of carbonyl (C=O) groups excluding carboxylic acids is 1. The number of benzene rings is 1. The van der Waals surface area contributed by atoms with E-state index in [-0.39, 0.29) is 0 Å². The molecular weight excluding hydrogens is 198 g/mol. The first-order valence-electron chi connectivity index (χ1n) is 5.39. The lowest BCUT2D eigenvalue weighted by molar-refractivity contribution is 0.485. The number of hydrogen-bond donors (Lipinski definition) is 0. The zero-order valence-corrected chi connectivity index (χ0v) is 9.10. The van der Waals surface area contributed by atoms with Crippen LogP contribution < -0.4 is 0 Å². The maximum atomic E-state index is 10.3. The van der Waals surface area contributed by atoms with E-state index in [0.717, 1.165) is 18.5 Å². The Kier molecular flexibility index (Phi) is 3.54. The van der Waals surface area contributed by atoms with E-state index >= 15 is 0 Å². The Labute approximate surface area is 95.9 Å². The molecule has 2 rings (SSSR count). The van der Waals surface area contributed by atoms with Crippen LogP contribution in [0.15, 0.2) is 54.4 Å². The van der Waals surface area contributed by atoms with Gasteiger partial charge in [0.05, 0.1) is 0 Å². The van der Waals surface area contributed by atoms with Crippen molar-refractivity contribution in [1.29, 1.82) is 0 Å². The number of rotatable bonds is 4. The van der Waals surface area contributed by atoms with Crippen LogP contribution in [0, 0.1) is 0 Å². The van der Waals surface area contributed by atoms with Gasteiger partial charge in [-0.15, -0.1) is 6.42 Å². The van der Waals surface area contributed by atoms with Crippen LogP contribution in [-0.2, 0) is 11.3 Å². The maximum absolute atomic E-state index is 10.3. The van der Waals surface area contributed by atoms with Gasteiger partial charge in [-0.3, -0.25) is 6.29 Å². The van der Waals surface area contributed by atoms with E-state index in [1.165, 1.54) is 5.56 Å². The quantitative estimate of drug-likeness (QED) is 0.715. The lowest BCUT2D eigenvalue weighted by Crippen LogP contribution is -2.13. The summed E-state index contributed by atoms with van der Waals surface area (Å²) in [5.74, 6) is 0. The third-order valence-corrected chi connectivity index (χ3v) is 2.53. The molecule has 1 aromatic rings. The first kappa shape index (κ1) is 10.7. The smallest absolute Gasteiger partial charge is 0.0470 e. The van der Waals surface area contributed by atoms with Crippen LogP contribution in [0.1, 0.15) is 18.4 Å². The van der Waals surface area contributed by atoms with Crippen molar-refractivity contribution >= 4 is 6.29 Å². The summed E-state index contributed by atoms with van der Waals surface area (Å²) < 4.78 is 0. The van der Waals surface area contributed by atoms with Gasteiger partial charge in [-0.25, -0.2) is 0 Å². The molecule has 0 aromatic heterocycles. The van der Waals surface area contributed by atoms with Gasteiger partial charge in [0.25, 0.3) is 0 Å². The van der Waals surface area contributed by atoms with Crippen molar-refractivity contribution in [3.05, 3.63) is 59.9 Å². The summed E-state index contributed by atoms with van der Waals surface area (Å²) in [4.78, 5) is 12.4. The van der Waals surface area contributed by atoms with Crippen molar-refractivity contribution in [3.8, 4) is 0 Å². The van der Waals surface area contributed by atoms with E-state index in [2.05, 4.69) is 29.3 Å². The fourth-order valence-electron chi connectivity index (χ4n) is 1.77. The highest BCUT2D eigenvalue weighted by Crippen LogP contribution is 2.16. The molecule has 0 bridgehead atoms. The average molecular weight is 212 g/mol. The molecule has 0 amide bonds. The highest BCUT2D eigenvalue weighted by molar-refractivity contribution is 5.55. The average Bonchev–Trinajstić information content (AvgIpc) is 2.31. The molecule has 0 N–H and O–H groups in total. The summed E-state index contributed by atoms with van der Waals surface area (Å²) in [7, 11) is 0. The molecule has 1 aliphatic heterocycles. The Morgan fingerprint density at radius 3 is 2.81 bits per heavy atom. The SMILES string of the molecule is O=[C-]CC1=CN(Cc2ccccc2)C=CC1. The second kappa shape index (κ2) is 5.31. The molecule has 0 saturated heterocycles. The molecule has 82 valence electrons. The van der Waals surface area contributed by atoms with Crippen LogP contribution in [0.5, 0.6) is 0 Å². The molecule has 1 aliphatic rings. The van der Waals surface area contributed by atoms with Crippen molar-refractivity contribution in [2.75, 3.05) is 0 Å². The molecule has 0 spiro atoms. The fourth-order valence-corrected chi connectivity index (χ4v) is 1.77. The topological polar surface area (TPSA) is 20.3 Å². The predicted molar refractivity (Wildman–Crippen MR) is 64.1 cm³/mol. The molecule has 1 aromatic carbocycles. The minimum absolute atomic E-state index is 0.412. The minimum Gasteiger partial charge on any atom is -0.541 e. The molecule has 1 heterocycles. The van der Waals surface area contributed by atoms with Crippen LogP contribution in [0.25, 0.3) is 0 Å². The Morgan fingerprint density at radius 1 is 1.25 bits per heavy atom. The normalized spacial score (nSPS) is 14.8. The number of hydrogen-bond acceptors (Lipinski definition) is 2. The Hall–Kier alpha value is -1.83. The Bertz CT molecular complexity index is 402. The van der Waals surface area contributed by atoms with Gasteiger partial charge in [-0.05, 0) is 12.0 Å². The van der Waals surface area contributed by atoms with E-state index < -0.39 is 0 Å². The van der Waals surface area contributed by atoms with Crippen molar-refractivity contribution < 1.29 is 4.79 Å². The second-order valence-electron chi connectivity index (χ2n) is 3.86. The fraction of sp³-hybridized carbons (Fsp3) is 0.214. The lowest BCUT2D eigenvalue weighted by atomic mass is 10.1. The van der Waals surface area contributed by atoms with Gasteiger partial charge in [-0.2, -0.15) is 0 Å². The molecule has 0 radical (unpaired) electrons. The summed E-state index contributed by atoms with van der Waals surface area (Å²) >= 11 is 0. The monoisotopic (exact) mass is 212 g/mol. The number of nitrogens with zero attached hydrogens (tertiary/aromatic N) is 1. The molecule has 2 heteroatoms. The first-order valence-corrected chi connectivity index (χ1v) is 5.39. The summed E-state index contributed by atoms with van der Waals surface area (Å²) in [6.07, 6.45) is 9.39. The van der Waals surface area contributed by atoms with Gasteiger partial charge >= 0.3 is 0 Å². The van der Waals surface area contributed by atoms with Gasteiger partial charge < -0.3 is 9.69 Å². The zero-order valence-electron chi connectivity index (χ0n) is 9.10. The Balaban J connectivity index is 2.02. The van der Waals surface area contributed by atoms with Crippen molar-refractivity contribution in [3.63, 3.8) is 0 Å². The van der Waals surface area contributed by atoms with Crippen LogP contribution in [0.2, 0.25) is 0 Å². The van der Waals surface area contributed by atoms with Crippen molar-refractivity contribution in [2.24, 2.45) is 0 Å². The van der Waals surface area contributed by atoms with Gasteiger partial charge in [-0.1, -0.05) is 42.0 Å². The van der Waals surface area contributed by atoms with Crippen molar-refractivity contribution in [1.82, 2.24) is 4.90 Å². The zero-order chi connectivity index (χ0) is 11.2. The standard InChI is InChI=1S/C14H14NO/c16-10-8-14-7-4-9-15(12-14)11-13-5-2-1-3-6-13/h1-6,9,12H,7-8,11H2/q-1. The van der Waals surface area contributed by atoms with Crippen LogP contribution >= 0.6 is 0 Å². The molecule has 0 unspecified atom stereocenters. The van der Waals surface area contributed by atoms with E-state index in [0.29, 0.717) is 6.42 Å². The van der Waals surface area contributed by atoms with Crippen molar-refractivity contribution in [2.45, 2.75) is 19.4 Å². The molecule has 2 nitrogen and oxygen atoms in total.